The van der Waals surface area contributed by atoms with Gasteiger partial charge in [0.05, 0.1) is 0 Å². The first-order chi connectivity index (χ1) is 25.3. The fourth-order valence-electron chi connectivity index (χ4n) is 6.93. The summed E-state index contributed by atoms with van der Waals surface area (Å²) >= 11 is 0. The Morgan fingerprint density at radius 1 is 0.481 bits per heavy atom. The Hall–Kier alpha value is -3.62. The fourth-order valence-corrected chi connectivity index (χ4v) is 6.93. The van der Waals surface area contributed by atoms with Crippen LogP contribution in [0.5, 0.6) is 11.5 Å². The molecule has 0 fully saturated rings. The molecule has 6 nitrogen and oxygen atoms in total. The largest absolute Gasteiger partial charge is 1.00 e. The van der Waals surface area contributed by atoms with Crippen LogP contribution in [0.15, 0.2) is 73.3 Å². The third-order valence-electron chi connectivity index (χ3n) is 10.3. The van der Waals surface area contributed by atoms with Gasteiger partial charge in [-0.1, -0.05) is 50.0 Å². The van der Waals surface area contributed by atoms with E-state index in [9.17, 15) is 10.2 Å². The molecule has 0 saturated carbocycles. The van der Waals surface area contributed by atoms with Gasteiger partial charge in [0, 0.05) is 96.9 Å². The van der Waals surface area contributed by atoms with E-state index < -0.39 is 0 Å². The van der Waals surface area contributed by atoms with Crippen LogP contribution in [0.1, 0.15) is 112 Å². The smallest absolute Gasteiger partial charge is 0.172 e. The predicted molar refractivity (Wildman–Crippen MR) is 221 cm³/mol. The average Bonchev–Trinajstić information content (AvgIpc) is 3.14. The van der Waals surface area contributed by atoms with Gasteiger partial charge in [-0.2, -0.15) is 0 Å². The van der Waals surface area contributed by atoms with E-state index in [1.54, 1.807) is 0 Å². The minimum absolute atomic E-state index is 0. The van der Waals surface area contributed by atoms with E-state index in [1.165, 1.54) is 73.6 Å². The lowest BCUT2D eigenvalue weighted by Crippen LogP contribution is -3.00. The quantitative estimate of drug-likeness (QED) is 0.0978. The first kappa shape index (κ1) is 46.5. The Balaban J connectivity index is 0.00000504. The number of nitrogens with zero attached hydrogens (tertiary/aromatic N) is 4. The molecule has 0 aliphatic carbocycles. The Morgan fingerprint density at radius 3 is 1.13 bits per heavy atom. The molecule has 0 radical (unpaired) electrons. The number of anilines is 2. The van der Waals surface area contributed by atoms with Gasteiger partial charge >= 0.3 is 0 Å². The minimum Gasteiger partial charge on any atom is -1.00 e. The van der Waals surface area contributed by atoms with Gasteiger partial charge in [0.2, 0.25) is 0 Å². The summed E-state index contributed by atoms with van der Waals surface area (Å²) < 4.78 is 4.62. The summed E-state index contributed by atoms with van der Waals surface area (Å²) in [4.78, 5) is 4.47. The first-order valence-electron chi connectivity index (χ1n) is 19.8. The Bertz CT molecular complexity index is 1640. The lowest BCUT2D eigenvalue weighted by molar-refractivity contribution is -0.697. The molecule has 2 N–H and O–H groups in total. The van der Waals surface area contributed by atoms with Gasteiger partial charge in [-0.15, -0.1) is 0 Å². The molecule has 0 aliphatic rings. The molecule has 54 heavy (non-hydrogen) atoms. The van der Waals surface area contributed by atoms with Crippen molar-refractivity contribution in [2.75, 3.05) is 36.0 Å². The molecule has 0 spiro atoms. The van der Waals surface area contributed by atoms with E-state index in [0.29, 0.717) is 11.5 Å². The summed E-state index contributed by atoms with van der Waals surface area (Å²) in [5, 5.41) is 21.1. The van der Waals surface area contributed by atoms with Crippen LogP contribution in [0.3, 0.4) is 0 Å². The second-order valence-electron chi connectivity index (χ2n) is 14.0. The second-order valence-corrected chi connectivity index (χ2v) is 14.0. The van der Waals surface area contributed by atoms with Gasteiger partial charge < -0.3 is 54.0 Å². The van der Waals surface area contributed by atoms with Crippen LogP contribution in [0.25, 0.3) is 24.3 Å². The fraction of sp³-hybridized carbons (Fsp3) is 0.435. The van der Waals surface area contributed by atoms with Crippen LogP contribution in [-0.2, 0) is 13.1 Å². The number of halogens is 2. The molecule has 0 bridgehead atoms. The van der Waals surface area contributed by atoms with Gasteiger partial charge in [0.25, 0.3) is 0 Å². The highest BCUT2D eigenvalue weighted by molar-refractivity contribution is 5.75. The molecule has 4 rings (SSSR count). The second kappa shape index (κ2) is 24.7. The number of phenolic OH excluding ortho intramolecular Hbond substituents is 2. The number of phenols is 2. The molecular formula is C46H64Br2N4O2. The molecule has 0 saturated heterocycles. The highest BCUT2D eigenvalue weighted by atomic mass is 79.9. The molecule has 2 aromatic carbocycles. The number of aromatic nitrogens is 2. The molecule has 0 unspecified atom stereocenters. The molecular weight excluding hydrogens is 800 g/mol. The van der Waals surface area contributed by atoms with Crippen molar-refractivity contribution >= 4 is 35.7 Å². The maximum Gasteiger partial charge on any atom is 0.172 e. The number of aryl methyl sites for hydroxylation is 4. The summed E-state index contributed by atoms with van der Waals surface area (Å²) in [6, 6.07) is 16.3. The molecule has 294 valence electrons. The van der Waals surface area contributed by atoms with Crippen molar-refractivity contribution in [3.63, 3.8) is 0 Å². The monoisotopic (exact) mass is 862 g/mol. The van der Waals surface area contributed by atoms with Crippen LogP contribution in [-0.4, -0.2) is 36.4 Å². The number of pyridine rings is 2. The molecule has 0 aliphatic heterocycles. The maximum atomic E-state index is 10.6. The third kappa shape index (κ3) is 14.2. The molecule has 2 aromatic heterocycles. The molecule has 0 atom stereocenters. The van der Waals surface area contributed by atoms with Crippen molar-refractivity contribution in [1.29, 1.82) is 0 Å². The minimum atomic E-state index is 0. The Kier molecular flexibility index (Phi) is 21.3. The van der Waals surface area contributed by atoms with E-state index >= 15 is 0 Å². The highest BCUT2D eigenvalue weighted by Gasteiger charge is 2.09. The Morgan fingerprint density at radius 2 is 0.815 bits per heavy atom. The van der Waals surface area contributed by atoms with Gasteiger partial charge in [0.15, 0.2) is 24.8 Å². The topological polar surface area (TPSA) is 54.7 Å². The van der Waals surface area contributed by atoms with Crippen LogP contribution >= 0.6 is 0 Å². The van der Waals surface area contributed by atoms with Gasteiger partial charge in [-0.05, 0) is 89.8 Å². The van der Waals surface area contributed by atoms with Gasteiger partial charge in [0.1, 0.15) is 24.6 Å². The van der Waals surface area contributed by atoms with Crippen molar-refractivity contribution in [3.8, 4) is 11.5 Å². The van der Waals surface area contributed by atoms with Crippen molar-refractivity contribution in [2.45, 2.75) is 106 Å². The number of hydrogen-bond acceptors (Lipinski definition) is 4. The van der Waals surface area contributed by atoms with Gasteiger partial charge in [-0.3, -0.25) is 0 Å². The van der Waals surface area contributed by atoms with E-state index in [0.717, 1.165) is 61.8 Å². The summed E-state index contributed by atoms with van der Waals surface area (Å²) in [7, 11) is 0. The number of rotatable bonds is 21. The zero-order valence-corrected chi connectivity index (χ0v) is 36.7. The lowest BCUT2D eigenvalue weighted by Gasteiger charge is -2.21. The zero-order valence-electron chi connectivity index (χ0n) is 33.6. The number of aromatic hydroxyl groups is 2. The van der Waals surface area contributed by atoms with Crippen LogP contribution in [0, 0.1) is 13.8 Å². The van der Waals surface area contributed by atoms with Gasteiger partial charge in [-0.25, -0.2) is 9.13 Å². The maximum absolute atomic E-state index is 10.6. The number of unbranched alkanes of at least 4 members (excludes halogenated alkanes) is 7. The van der Waals surface area contributed by atoms with Crippen molar-refractivity contribution < 1.29 is 53.3 Å². The van der Waals surface area contributed by atoms with Crippen LogP contribution < -0.4 is 52.9 Å². The van der Waals surface area contributed by atoms with Crippen LogP contribution in [0.4, 0.5) is 11.4 Å². The summed E-state index contributed by atoms with van der Waals surface area (Å²) in [5.74, 6) is 0.641. The molecule has 4 aromatic rings. The zero-order chi connectivity index (χ0) is 37.3. The average molecular weight is 865 g/mol. The van der Waals surface area contributed by atoms with Crippen molar-refractivity contribution in [2.24, 2.45) is 0 Å². The molecule has 8 heteroatoms. The normalized spacial score (nSPS) is 11.1. The summed E-state index contributed by atoms with van der Waals surface area (Å²) in [5.41, 5.74) is 8.64. The lowest BCUT2D eigenvalue weighted by atomic mass is 10.1. The van der Waals surface area contributed by atoms with Crippen molar-refractivity contribution in [1.82, 2.24) is 0 Å². The third-order valence-corrected chi connectivity index (χ3v) is 10.3. The van der Waals surface area contributed by atoms with Crippen LogP contribution in [0.2, 0.25) is 0 Å². The summed E-state index contributed by atoms with van der Waals surface area (Å²) in [6.45, 7) is 18.7. The van der Waals surface area contributed by atoms with E-state index in [-0.39, 0.29) is 34.0 Å². The number of hydrogen-bond donors (Lipinski definition) is 2. The number of benzene rings is 2. The predicted octanol–water partition coefficient (Wildman–Crippen LogP) is 4.15. The Labute approximate surface area is 347 Å². The first-order valence-corrected chi connectivity index (χ1v) is 19.8. The standard InChI is InChI=1S/C46H62N4O2.2BrH/c1-7-49(8-2)43-25-23-41(45(51)33-43)21-19-39-27-31-47(35-37(39)5)29-17-15-13-11-12-14-16-18-30-48-32-28-40(38(6)36-48)20-22-42-24-26-44(34-46(42)52)50(9-3)10-4;;/h19-28,31-36H,7-18,29-30H2,1-6H3;2*1H. The van der Waals surface area contributed by atoms with E-state index in [1.807, 2.05) is 36.4 Å². The molecule has 0 amide bonds. The van der Waals surface area contributed by atoms with Crippen molar-refractivity contribution in [3.05, 3.63) is 107 Å². The van der Waals surface area contributed by atoms with E-state index in [2.05, 4.69) is 122 Å². The molecule has 2 heterocycles. The SMILES string of the molecule is CCN(CC)c1ccc(/C=C/c2cc[n+](CCCCCCCCCC[n+]3ccc(/C=C/c4ccc(N(CC)CC)cc4O)c(C)c3)cc2C)c(O)c1.[Br-].[Br-]. The highest BCUT2D eigenvalue weighted by Crippen LogP contribution is 2.28. The summed E-state index contributed by atoms with van der Waals surface area (Å²) in [6.07, 6.45) is 27.2. The van der Waals surface area contributed by atoms with E-state index in [4.69, 9.17) is 0 Å².